The second kappa shape index (κ2) is 5.82. The summed E-state index contributed by atoms with van der Waals surface area (Å²) >= 11 is 0. The summed E-state index contributed by atoms with van der Waals surface area (Å²) in [7, 11) is 1.52. The number of pyridine rings is 1. The van der Waals surface area contributed by atoms with Gasteiger partial charge in [0.1, 0.15) is 17.9 Å². The summed E-state index contributed by atoms with van der Waals surface area (Å²) in [5, 5.41) is 0. The van der Waals surface area contributed by atoms with Gasteiger partial charge in [0.05, 0.1) is 7.11 Å². The van der Waals surface area contributed by atoms with Gasteiger partial charge in [-0.25, -0.2) is 4.79 Å². The van der Waals surface area contributed by atoms with Crippen molar-refractivity contribution in [3.05, 3.63) is 59.9 Å². The van der Waals surface area contributed by atoms with Crippen molar-refractivity contribution in [2.45, 2.75) is 6.61 Å². The number of nitrogens with zero attached hydrogens (tertiary/aromatic N) is 1. The Bertz CT molecular complexity index is 526. The molecule has 0 amide bonds. The van der Waals surface area contributed by atoms with Crippen LogP contribution < -0.4 is 4.74 Å². The zero-order chi connectivity index (χ0) is 12.8. The molecule has 0 saturated heterocycles. The van der Waals surface area contributed by atoms with Crippen molar-refractivity contribution in [2.75, 3.05) is 7.11 Å². The average molecular weight is 243 g/mol. The number of hydrogen-bond acceptors (Lipinski definition) is 4. The number of aromatic nitrogens is 1. The largest absolute Gasteiger partial charge is 0.496 e. The molecule has 1 aromatic heterocycles. The molecule has 0 bridgehead atoms. The van der Waals surface area contributed by atoms with E-state index in [0.717, 1.165) is 5.56 Å². The monoisotopic (exact) mass is 243 g/mol. The highest BCUT2D eigenvalue weighted by molar-refractivity contribution is 5.92. The van der Waals surface area contributed by atoms with Crippen LogP contribution in [0.5, 0.6) is 5.75 Å². The molecule has 0 radical (unpaired) electrons. The SMILES string of the molecule is COc1ccccc1C(=O)OCc1ccncc1. The summed E-state index contributed by atoms with van der Waals surface area (Å²) < 4.78 is 10.3. The van der Waals surface area contributed by atoms with Gasteiger partial charge in [0, 0.05) is 12.4 Å². The molecule has 0 aliphatic heterocycles. The van der Waals surface area contributed by atoms with Gasteiger partial charge in [0.15, 0.2) is 0 Å². The van der Waals surface area contributed by atoms with Crippen molar-refractivity contribution in [3.63, 3.8) is 0 Å². The maximum Gasteiger partial charge on any atom is 0.342 e. The summed E-state index contributed by atoms with van der Waals surface area (Å²) in [5.41, 5.74) is 1.32. The van der Waals surface area contributed by atoms with E-state index in [2.05, 4.69) is 4.98 Å². The number of ether oxygens (including phenoxy) is 2. The Morgan fingerprint density at radius 2 is 1.89 bits per heavy atom. The van der Waals surface area contributed by atoms with Crippen LogP contribution in [0.4, 0.5) is 0 Å². The Labute approximate surface area is 105 Å². The molecule has 0 saturated carbocycles. The van der Waals surface area contributed by atoms with E-state index in [-0.39, 0.29) is 6.61 Å². The molecule has 18 heavy (non-hydrogen) atoms. The minimum Gasteiger partial charge on any atom is -0.496 e. The van der Waals surface area contributed by atoms with E-state index < -0.39 is 5.97 Å². The van der Waals surface area contributed by atoms with E-state index in [1.807, 2.05) is 0 Å². The molecule has 4 heteroatoms. The molecule has 0 aliphatic rings. The minimum atomic E-state index is -0.399. The summed E-state index contributed by atoms with van der Waals surface area (Å²) in [6, 6.07) is 10.6. The first-order valence-electron chi connectivity index (χ1n) is 5.50. The van der Waals surface area contributed by atoms with Gasteiger partial charge in [0.25, 0.3) is 0 Å². The number of carbonyl (C=O) groups is 1. The van der Waals surface area contributed by atoms with E-state index in [4.69, 9.17) is 9.47 Å². The lowest BCUT2D eigenvalue weighted by Gasteiger charge is -2.08. The van der Waals surface area contributed by atoms with Crippen LogP contribution in [0.2, 0.25) is 0 Å². The molecule has 0 atom stereocenters. The maximum absolute atomic E-state index is 11.9. The first kappa shape index (κ1) is 12.1. The molecular formula is C14H13NO3. The third kappa shape index (κ3) is 2.85. The van der Waals surface area contributed by atoms with Crippen LogP contribution in [0, 0.1) is 0 Å². The van der Waals surface area contributed by atoms with Crippen LogP contribution in [0.15, 0.2) is 48.8 Å². The highest BCUT2D eigenvalue weighted by atomic mass is 16.5. The van der Waals surface area contributed by atoms with Crippen LogP contribution in [0.3, 0.4) is 0 Å². The molecule has 4 nitrogen and oxygen atoms in total. The van der Waals surface area contributed by atoms with Gasteiger partial charge < -0.3 is 9.47 Å². The Balaban J connectivity index is 2.04. The lowest BCUT2D eigenvalue weighted by Crippen LogP contribution is -2.07. The van der Waals surface area contributed by atoms with E-state index >= 15 is 0 Å². The number of rotatable bonds is 4. The van der Waals surface area contributed by atoms with Crippen LogP contribution in [-0.4, -0.2) is 18.1 Å². The van der Waals surface area contributed by atoms with Gasteiger partial charge >= 0.3 is 5.97 Å². The molecule has 0 aliphatic carbocycles. The summed E-state index contributed by atoms with van der Waals surface area (Å²) in [4.78, 5) is 15.8. The smallest absolute Gasteiger partial charge is 0.342 e. The van der Waals surface area contributed by atoms with Crippen molar-refractivity contribution in [2.24, 2.45) is 0 Å². The predicted molar refractivity (Wildman–Crippen MR) is 66.4 cm³/mol. The number of benzene rings is 1. The maximum atomic E-state index is 11.9. The summed E-state index contributed by atoms with van der Waals surface area (Å²) in [5.74, 6) is 0.112. The number of methoxy groups -OCH3 is 1. The van der Waals surface area contributed by atoms with E-state index in [9.17, 15) is 4.79 Å². The Morgan fingerprint density at radius 1 is 1.17 bits per heavy atom. The molecule has 92 valence electrons. The van der Waals surface area contributed by atoms with Crippen molar-refractivity contribution in [1.82, 2.24) is 4.98 Å². The second-order valence-electron chi connectivity index (χ2n) is 3.63. The Kier molecular flexibility index (Phi) is 3.91. The molecule has 1 aromatic carbocycles. The quantitative estimate of drug-likeness (QED) is 0.774. The van der Waals surface area contributed by atoms with Crippen LogP contribution in [0.25, 0.3) is 0 Å². The third-order valence-corrected chi connectivity index (χ3v) is 2.45. The summed E-state index contributed by atoms with van der Waals surface area (Å²) in [6.07, 6.45) is 3.32. The fourth-order valence-electron chi connectivity index (χ4n) is 1.52. The molecule has 0 unspecified atom stereocenters. The zero-order valence-corrected chi connectivity index (χ0v) is 10.00. The van der Waals surface area contributed by atoms with E-state index in [1.165, 1.54) is 7.11 Å². The number of esters is 1. The standard InChI is InChI=1S/C14H13NO3/c1-17-13-5-3-2-4-12(13)14(16)18-10-11-6-8-15-9-7-11/h2-9H,10H2,1H3. The highest BCUT2D eigenvalue weighted by Gasteiger charge is 2.12. The first-order chi connectivity index (χ1) is 8.81. The average Bonchev–Trinajstić information content (AvgIpc) is 2.45. The Hall–Kier alpha value is -2.36. The molecule has 0 N–H and O–H groups in total. The summed E-state index contributed by atoms with van der Waals surface area (Å²) in [6.45, 7) is 0.222. The molecule has 0 fully saturated rings. The highest BCUT2D eigenvalue weighted by Crippen LogP contribution is 2.18. The molecular weight excluding hydrogens is 230 g/mol. The number of para-hydroxylation sites is 1. The third-order valence-electron chi connectivity index (χ3n) is 2.45. The van der Waals surface area contributed by atoms with Crippen molar-refractivity contribution in [3.8, 4) is 5.75 Å². The lowest BCUT2D eigenvalue weighted by atomic mass is 10.2. The van der Waals surface area contributed by atoms with E-state index in [1.54, 1.807) is 48.8 Å². The second-order valence-corrected chi connectivity index (χ2v) is 3.63. The molecule has 0 spiro atoms. The van der Waals surface area contributed by atoms with Gasteiger partial charge in [-0.15, -0.1) is 0 Å². The lowest BCUT2D eigenvalue weighted by molar-refractivity contribution is 0.0469. The normalized spacial score (nSPS) is 9.83. The topological polar surface area (TPSA) is 48.4 Å². The zero-order valence-electron chi connectivity index (χ0n) is 10.00. The van der Waals surface area contributed by atoms with Gasteiger partial charge in [-0.3, -0.25) is 4.98 Å². The fraction of sp³-hybridized carbons (Fsp3) is 0.143. The van der Waals surface area contributed by atoms with Crippen molar-refractivity contribution < 1.29 is 14.3 Å². The van der Waals surface area contributed by atoms with Gasteiger partial charge in [-0.05, 0) is 29.8 Å². The van der Waals surface area contributed by atoms with Crippen LogP contribution >= 0.6 is 0 Å². The van der Waals surface area contributed by atoms with Crippen molar-refractivity contribution >= 4 is 5.97 Å². The van der Waals surface area contributed by atoms with Crippen LogP contribution in [-0.2, 0) is 11.3 Å². The number of hydrogen-bond donors (Lipinski definition) is 0. The predicted octanol–water partition coefficient (Wildman–Crippen LogP) is 2.45. The minimum absolute atomic E-state index is 0.222. The first-order valence-corrected chi connectivity index (χ1v) is 5.50. The van der Waals surface area contributed by atoms with Gasteiger partial charge in [0.2, 0.25) is 0 Å². The molecule has 1 heterocycles. The van der Waals surface area contributed by atoms with Gasteiger partial charge in [-0.1, -0.05) is 12.1 Å². The molecule has 2 aromatic rings. The fourth-order valence-corrected chi connectivity index (χ4v) is 1.52. The Morgan fingerprint density at radius 3 is 2.61 bits per heavy atom. The van der Waals surface area contributed by atoms with Crippen LogP contribution in [0.1, 0.15) is 15.9 Å². The number of carbonyl (C=O) groups excluding carboxylic acids is 1. The van der Waals surface area contributed by atoms with Gasteiger partial charge in [-0.2, -0.15) is 0 Å². The molecule has 2 rings (SSSR count). The van der Waals surface area contributed by atoms with E-state index in [0.29, 0.717) is 11.3 Å². The van der Waals surface area contributed by atoms with Crippen molar-refractivity contribution in [1.29, 1.82) is 0 Å².